The third-order valence-corrected chi connectivity index (χ3v) is 4.24. The topological polar surface area (TPSA) is 40.9 Å². The standard InChI is InChI=1S/C16H15NOS/c17-11-16(15-9-5-2-6-10-15)13-19(18)12-14-7-3-1-4-8-14/h1-10,16H,12-13H2. The van der Waals surface area contributed by atoms with Crippen molar-refractivity contribution >= 4 is 10.8 Å². The van der Waals surface area contributed by atoms with E-state index in [1.165, 1.54) is 0 Å². The molecule has 0 aliphatic carbocycles. The van der Waals surface area contributed by atoms with Crippen LogP contribution in [-0.2, 0) is 16.6 Å². The number of nitrogens with zero attached hydrogens (tertiary/aromatic N) is 1. The Morgan fingerprint density at radius 3 is 2.16 bits per heavy atom. The van der Waals surface area contributed by atoms with Crippen molar-refractivity contribution in [2.24, 2.45) is 0 Å². The summed E-state index contributed by atoms with van der Waals surface area (Å²) >= 11 is 0. The lowest BCUT2D eigenvalue weighted by Gasteiger charge is -2.09. The maximum absolute atomic E-state index is 12.1. The lowest BCUT2D eigenvalue weighted by Crippen LogP contribution is -2.09. The summed E-state index contributed by atoms with van der Waals surface area (Å²) in [6, 6.07) is 21.5. The maximum atomic E-state index is 12.1. The van der Waals surface area contributed by atoms with Crippen LogP contribution in [0.3, 0.4) is 0 Å². The van der Waals surface area contributed by atoms with Gasteiger partial charge >= 0.3 is 0 Å². The fourth-order valence-corrected chi connectivity index (χ4v) is 3.22. The van der Waals surface area contributed by atoms with E-state index < -0.39 is 10.8 Å². The molecule has 2 unspecified atom stereocenters. The summed E-state index contributed by atoms with van der Waals surface area (Å²) in [6.45, 7) is 0. The van der Waals surface area contributed by atoms with E-state index in [0.29, 0.717) is 11.5 Å². The van der Waals surface area contributed by atoms with Gasteiger partial charge in [-0.05, 0) is 11.1 Å². The SMILES string of the molecule is N#CC(CS(=O)Cc1ccccc1)c1ccccc1. The van der Waals surface area contributed by atoms with Gasteiger partial charge in [-0.1, -0.05) is 60.7 Å². The van der Waals surface area contributed by atoms with Gasteiger partial charge in [-0.15, -0.1) is 0 Å². The second kappa shape index (κ2) is 6.86. The predicted octanol–water partition coefficient (Wildman–Crippen LogP) is 3.24. The summed E-state index contributed by atoms with van der Waals surface area (Å²) in [6.07, 6.45) is 0. The van der Waals surface area contributed by atoms with Crippen molar-refractivity contribution in [2.75, 3.05) is 5.75 Å². The van der Waals surface area contributed by atoms with Crippen LogP contribution in [0.5, 0.6) is 0 Å². The number of rotatable bonds is 5. The fraction of sp³-hybridized carbons (Fsp3) is 0.188. The van der Waals surface area contributed by atoms with Gasteiger partial charge in [-0.2, -0.15) is 5.26 Å². The first-order valence-electron chi connectivity index (χ1n) is 6.13. The average molecular weight is 269 g/mol. The minimum atomic E-state index is -1.02. The summed E-state index contributed by atoms with van der Waals surface area (Å²) in [5, 5.41) is 9.21. The highest BCUT2D eigenvalue weighted by Gasteiger charge is 2.14. The van der Waals surface area contributed by atoms with Crippen LogP contribution in [-0.4, -0.2) is 9.96 Å². The zero-order valence-electron chi connectivity index (χ0n) is 10.5. The molecule has 96 valence electrons. The summed E-state index contributed by atoms with van der Waals surface area (Å²) < 4.78 is 12.1. The van der Waals surface area contributed by atoms with E-state index in [4.69, 9.17) is 0 Å². The lowest BCUT2D eigenvalue weighted by atomic mass is 10.0. The molecule has 0 spiro atoms. The van der Waals surface area contributed by atoms with Crippen molar-refractivity contribution in [3.8, 4) is 6.07 Å². The van der Waals surface area contributed by atoms with Crippen LogP contribution in [0, 0.1) is 11.3 Å². The average Bonchev–Trinajstić information content (AvgIpc) is 2.47. The van der Waals surface area contributed by atoms with E-state index in [1.54, 1.807) is 0 Å². The molecule has 0 radical (unpaired) electrons. The van der Waals surface area contributed by atoms with Gasteiger partial charge in [-0.3, -0.25) is 4.21 Å². The smallest absolute Gasteiger partial charge is 0.0827 e. The fourth-order valence-electron chi connectivity index (χ4n) is 1.90. The molecule has 0 amide bonds. The summed E-state index contributed by atoms with van der Waals surface area (Å²) in [7, 11) is -1.02. The van der Waals surface area contributed by atoms with E-state index in [1.807, 2.05) is 60.7 Å². The molecule has 19 heavy (non-hydrogen) atoms. The van der Waals surface area contributed by atoms with Crippen molar-refractivity contribution in [1.82, 2.24) is 0 Å². The van der Waals surface area contributed by atoms with Crippen molar-refractivity contribution in [3.05, 3.63) is 71.8 Å². The van der Waals surface area contributed by atoms with Crippen LogP contribution >= 0.6 is 0 Å². The Labute approximate surface area is 116 Å². The zero-order valence-corrected chi connectivity index (χ0v) is 11.3. The molecule has 0 aliphatic heterocycles. The molecule has 2 aromatic carbocycles. The van der Waals surface area contributed by atoms with Crippen LogP contribution in [0.2, 0.25) is 0 Å². The Kier molecular flexibility index (Phi) is 4.88. The number of hydrogen-bond donors (Lipinski definition) is 0. The molecule has 2 aromatic rings. The van der Waals surface area contributed by atoms with Gasteiger partial charge < -0.3 is 0 Å². The number of nitriles is 1. The first kappa shape index (κ1) is 13.5. The van der Waals surface area contributed by atoms with Gasteiger partial charge in [0.1, 0.15) is 0 Å². The van der Waals surface area contributed by atoms with Gasteiger partial charge in [0, 0.05) is 22.3 Å². The van der Waals surface area contributed by atoms with Gasteiger partial charge in [-0.25, -0.2) is 0 Å². The Hall–Kier alpha value is -1.92. The first-order valence-corrected chi connectivity index (χ1v) is 7.62. The minimum Gasteiger partial charge on any atom is -0.259 e. The maximum Gasteiger partial charge on any atom is 0.0827 e. The molecule has 0 saturated heterocycles. The van der Waals surface area contributed by atoms with Crippen LogP contribution in [0.25, 0.3) is 0 Å². The highest BCUT2D eigenvalue weighted by Crippen LogP contribution is 2.17. The third-order valence-electron chi connectivity index (χ3n) is 2.88. The molecular weight excluding hydrogens is 254 g/mol. The van der Waals surface area contributed by atoms with E-state index in [-0.39, 0.29) is 5.92 Å². The Balaban J connectivity index is 2.00. The molecule has 2 atom stereocenters. The minimum absolute atomic E-state index is 0.300. The Bertz CT molecular complexity index is 575. The molecular formula is C16H15NOS. The normalized spacial score (nSPS) is 13.4. The van der Waals surface area contributed by atoms with Crippen LogP contribution in [0.1, 0.15) is 17.0 Å². The van der Waals surface area contributed by atoms with Gasteiger partial charge in [0.2, 0.25) is 0 Å². The molecule has 0 bridgehead atoms. The van der Waals surface area contributed by atoms with Crippen molar-refractivity contribution in [3.63, 3.8) is 0 Å². The molecule has 0 heterocycles. The highest BCUT2D eigenvalue weighted by atomic mass is 32.2. The molecule has 0 saturated carbocycles. The number of hydrogen-bond acceptors (Lipinski definition) is 2. The van der Waals surface area contributed by atoms with E-state index in [9.17, 15) is 9.47 Å². The van der Waals surface area contributed by atoms with E-state index in [2.05, 4.69) is 6.07 Å². The van der Waals surface area contributed by atoms with Crippen molar-refractivity contribution in [1.29, 1.82) is 5.26 Å². The molecule has 0 fully saturated rings. The summed E-state index contributed by atoms with van der Waals surface area (Å²) in [4.78, 5) is 0. The first-order chi connectivity index (χ1) is 9.29. The highest BCUT2D eigenvalue weighted by molar-refractivity contribution is 7.84. The van der Waals surface area contributed by atoms with Crippen LogP contribution in [0.4, 0.5) is 0 Å². The number of benzene rings is 2. The van der Waals surface area contributed by atoms with E-state index >= 15 is 0 Å². The Morgan fingerprint density at radius 2 is 1.58 bits per heavy atom. The predicted molar refractivity (Wildman–Crippen MR) is 78.0 cm³/mol. The van der Waals surface area contributed by atoms with Gasteiger partial charge in [0.15, 0.2) is 0 Å². The van der Waals surface area contributed by atoms with Gasteiger partial charge in [0.25, 0.3) is 0 Å². The zero-order chi connectivity index (χ0) is 13.5. The van der Waals surface area contributed by atoms with Gasteiger partial charge in [0.05, 0.1) is 12.0 Å². The second-order valence-electron chi connectivity index (χ2n) is 4.33. The quantitative estimate of drug-likeness (QED) is 0.836. The van der Waals surface area contributed by atoms with E-state index in [0.717, 1.165) is 11.1 Å². The van der Waals surface area contributed by atoms with Crippen LogP contribution < -0.4 is 0 Å². The molecule has 2 nitrogen and oxygen atoms in total. The largest absolute Gasteiger partial charge is 0.259 e. The van der Waals surface area contributed by atoms with Crippen molar-refractivity contribution in [2.45, 2.75) is 11.7 Å². The lowest BCUT2D eigenvalue weighted by molar-refractivity contribution is 0.680. The molecule has 0 aliphatic rings. The molecule has 3 heteroatoms. The Morgan fingerprint density at radius 1 is 1.00 bits per heavy atom. The third kappa shape index (κ3) is 4.04. The molecule has 0 aromatic heterocycles. The van der Waals surface area contributed by atoms with Crippen LogP contribution in [0.15, 0.2) is 60.7 Å². The molecule has 0 N–H and O–H groups in total. The molecule has 2 rings (SSSR count). The monoisotopic (exact) mass is 269 g/mol. The van der Waals surface area contributed by atoms with Crippen molar-refractivity contribution < 1.29 is 4.21 Å². The summed E-state index contributed by atoms with van der Waals surface area (Å²) in [5.74, 6) is 0.590. The second-order valence-corrected chi connectivity index (χ2v) is 5.83. The summed E-state index contributed by atoms with van der Waals surface area (Å²) in [5.41, 5.74) is 1.98.